The molecule has 3 unspecified atom stereocenters. The quantitative estimate of drug-likeness (QED) is 0.161. The Morgan fingerprint density at radius 2 is 1.65 bits per heavy atom. The Morgan fingerprint density at radius 3 is 2.26 bits per heavy atom. The van der Waals surface area contributed by atoms with Gasteiger partial charge in [0.15, 0.2) is 0 Å². The maximum Gasteiger partial charge on any atom is 0.416 e. The van der Waals surface area contributed by atoms with Crippen LogP contribution in [0.3, 0.4) is 0 Å². The second-order valence-corrected chi connectivity index (χ2v) is 13.2. The predicted molar refractivity (Wildman–Crippen MR) is 189 cm³/mol. The lowest BCUT2D eigenvalue weighted by molar-refractivity contribution is -0.143. The number of fused-ring (bicyclic) bond motifs is 1. The first-order valence-electron chi connectivity index (χ1n) is 17.6. The Kier molecular flexibility index (Phi) is 11.6. The fraction of sp³-hybridized carbons (Fsp3) is 0.385. The maximum absolute atomic E-state index is 14.1. The molecule has 9 nitrogen and oxygen atoms in total. The summed E-state index contributed by atoms with van der Waals surface area (Å²) in [6.45, 7) is 5.82. The van der Waals surface area contributed by atoms with Crippen LogP contribution in [-0.4, -0.2) is 58.8 Å². The van der Waals surface area contributed by atoms with E-state index in [1.165, 1.54) is 12.0 Å². The van der Waals surface area contributed by atoms with Gasteiger partial charge in [-0.25, -0.2) is 19.7 Å². The van der Waals surface area contributed by atoms with Crippen LogP contribution in [0.5, 0.6) is 5.88 Å². The van der Waals surface area contributed by atoms with E-state index in [1.54, 1.807) is 31.5 Å². The molecule has 2 aromatic carbocycles. The molecule has 4 heterocycles. The van der Waals surface area contributed by atoms with E-state index in [0.717, 1.165) is 30.6 Å². The Bertz CT molecular complexity index is 1920. The van der Waals surface area contributed by atoms with Gasteiger partial charge < -0.3 is 9.47 Å². The summed E-state index contributed by atoms with van der Waals surface area (Å²) in [5.41, 5.74) is 0.171. The van der Waals surface area contributed by atoms with Gasteiger partial charge >= 0.3 is 18.4 Å². The maximum atomic E-state index is 14.1. The zero-order valence-electron chi connectivity index (χ0n) is 29.9. The largest absolute Gasteiger partial charge is 0.481 e. The van der Waals surface area contributed by atoms with Crippen LogP contribution in [0.25, 0.3) is 5.57 Å². The van der Waals surface area contributed by atoms with E-state index >= 15 is 0 Å². The van der Waals surface area contributed by atoms with E-state index in [9.17, 15) is 31.1 Å². The van der Waals surface area contributed by atoms with Gasteiger partial charge in [-0.2, -0.15) is 26.3 Å². The number of halogens is 6. The lowest BCUT2D eigenvalue weighted by atomic mass is 9.91. The molecule has 6 rings (SSSR count). The van der Waals surface area contributed by atoms with Crippen LogP contribution >= 0.6 is 0 Å². The number of hydrogen-bond acceptors (Lipinski definition) is 8. The van der Waals surface area contributed by atoms with E-state index in [2.05, 4.69) is 43.4 Å². The van der Waals surface area contributed by atoms with Crippen LogP contribution in [0.2, 0.25) is 0 Å². The van der Waals surface area contributed by atoms with E-state index in [-0.39, 0.29) is 36.4 Å². The number of pyridine rings is 1. The topological polar surface area (TPSA) is 92.7 Å². The summed E-state index contributed by atoms with van der Waals surface area (Å²) in [6, 6.07) is 12.0. The number of hydrogen-bond donors (Lipinski definition) is 1. The van der Waals surface area contributed by atoms with Crippen molar-refractivity contribution in [2.45, 2.75) is 70.1 Å². The van der Waals surface area contributed by atoms with Crippen molar-refractivity contribution in [3.8, 4) is 5.88 Å². The summed E-state index contributed by atoms with van der Waals surface area (Å²) in [4.78, 5) is 30.6. The molecule has 0 saturated carbocycles. The number of amides is 1. The minimum absolute atomic E-state index is 0.0472. The Morgan fingerprint density at radius 1 is 0.963 bits per heavy atom. The number of carbonyl (C=O) groups excluding carboxylic acids is 1. The van der Waals surface area contributed by atoms with Crippen molar-refractivity contribution in [3.05, 3.63) is 118 Å². The molecule has 0 fully saturated rings. The molecular formula is C39H40F6N6O3. The first kappa shape index (κ1) is 38.7. The average molecular weight is 755 g/mol. The molecule has 2 aliphatic heterocycles. The number of ether oxygens (including phenoxy) is 2. The van der Waals surface area contributed by atoms with Crippen molar-refractivity contribution in [2.24, 2.45) is 0 Å². The highest BCUT2D eigenvalue weighted by molar-refractivity contribution is 5.90. The normalized spacial score (nSPS) is 18.5. The summed E-state index contributed by atoms with van der Waals surface area (Å²) in [5, 5.41) is 3.26. The third-order valence-corrected chi connectivity index (χ3v) is 9.58. The fourth-order valence-electron chi connectivity index (χ4n) is 6.96. The Hall–Kier alpha value is -5.02. The van der Waals surface area contributed by atoms with E-state index in [1.807, 2.05) is 25.1 Å². The van der Waals surface area contributed by atoms with Crippen molar-refractivity contribution in [1.29, 1.82) is 0 Å². The van der Waals surface area contributed by atoms with Crippen molar-refractivity contribution in [2.75, 3.05) is 31.7 Å². The lowest BCUT2D eigenvalue weighted by Gasteiger charge is -2.40. The SMILES string of the molecule is CCOC(=O)N1c2ccc(OC)nc2C(NC(c2cc(C(F)(F)F)cc(C(F)(F)F)c2)c2ncc(C3=CCCN(Cc4ccccc4)C3)cn2)CC1CC. The molecule has 286 valence electrons. The second-order valence-electron chi connectivity index (χ2n) is 13.2. The molecule has 54 heavy (non-hydrogen) atoms. The fourth-order valence-corrected chi connectivity index (χ4v) is 6.96. The van der Waals surface area contributed by atoms with Crippen molar-refractivity contribution >= 4 is 17.4 Å². The number of anilines is 1. The standard InChI is InChI=1S/C39H40F6N6O3/c1-4-30-19-31(35-32(13-14-33(49-35)53-3)51(30)37(52)54-5-2)48-34(26-16-28(38(40,41)42)18-29(17-26)39(43,44)45)36-46-20-27(21-47-36)25-12-9-15-50(23-25)22-24-10-7-6-8-11-24/h6-8,10-14,16-18,20-21,30-31,34,48H,4-5,9,15,19,22-23H2,1-3H3. The summed E-state index contributed by atoms with van der Waals surface area (Å²) in [7, 11) is 1.40. The summed E-state index contributed by atoms with van der Waals surface area (Å²) in [6.07, 6.45) is -4.19. The van der Waals surface area contributed by atoms with Crippen molar-refractivity contribution < 1.29 is 40.6 Å². The number of nitrogens with one attached hydrogen (secondary N) is 1. The van der Waals surface area contributed by atoms with E-state index < -0.39 is 47.7 Å². The van der Waals surface area contributed by atoms with Gasteiger partial charge in [-0.1, -0.05) is 43.3 Å². The smallest absolute Gasteiger partial charge is 0.416 e. The molecule has 1 N–H and O–H groups in total. The number of rotatable bonds is 10. The Balaban J connectivity index is 1.41. The molecule has 0 saturated heterocycles. The van der Waals surface area contributed by atoms with Crippen LogP contribution in [0.15, 0.2) is 79.1 Å². The van der Waals surface area contributed by atoms with Gasteiger partial charge in [0.05, 0.1) is 48.3 Å². The molecule has 4 aromatic rings. The van der Waals surface area contributed by atoms with Crippen LogP contribution < -0.4 is 15.0 Å². The van der Waals surface area contributed by atoms with Gasteiger partial charge in [-0.15, -0.1) is 0 Å². The number of benzene rings is 2. The highest BCUT2D eigenvalue weighted by Crippen LogP contribution is 2.42. The van der Waals surface area contributed by atoms with Crippen molar-refractivity contribution in [3.63, 3.8) is 0 Å². The first-order valence-corrected chi connectivity index (χ1v) is 17.6. The number of nitrogens with zero attached hydrogens (tertiary/aromatic N) is 5. The number of alkyl halides is 6. The van der Waals surface area contributed by atoms with E-state index in [4.69, 9.17) is 9.47 Å². The average Bonchev–Trinajstić information content (AvgIpc) is 3.16. The highest BCUT2D eigenvalue weighted by Gasteiger charge is 2.41. The second kappa shape index (κ2) is 16.1. The molecule has 15 heteroatoms. The number of aromatic nitrogens is 3. The van der Waals surface area contributed by atoms with Crippen LogP contribution in [0.4, 0.5) is 36.8 Å². The zero-order chi connectivity index (χ0) is 38.6. The van der Waals surface area contributed by atoms with Gasteiger partial charge in [-0.05, 0) is 67.2 Å². The third kappa shape index (κ3) is 8.68. The summed E-state index contributed by atoms with van der Waals surface area (Å²) < 4.78 is 95.6. The van der Waals surface area contributed by atoms with Gasteiger partial charge in [-0.3, -0.25) is 15.1 Å². The number of methoxy groups -OCH3 is 1. The van der Waals surface area contributed by atoms with Gasteiger partial charge in [0.2, 0.25) is 5.88 Å². The molecule has 2 aromatic heterocycles. The molecule has 0 radical (unpaired) electrons. The molecule has 2 aliphatic rings. The van der Waals surface area contributed by atoms with Gasteiger partial charge in [0, 0.05) is 49.7 Å². The van der Waals surface area contributed by atoms with E-state index in [0.29, 0.717) is 42.0 Å². The number of carbonyl (C=O) groups is 1. The minimum atomic E-state index is -5.08. The minimum Gasteiger partial charge on any atom is -0.481 e. The molecule has 3 atom stereocenters. The monoisotopic (exact) mass is 754 g/mol. The highest BCUT2D eigenvalue weighted by atomic mass is 19.4. The van der Waals surface area contributed by atoms with Gasteiger partial charge in [0.25, 0.3) is 0 Å². The first-order chi connectivity index (χ1) is 25.8. The molecule has 0 bridgehead atoms. The predicted octanol–water partition coefficient (Wildman–Crippen LogP) is 8.77. The molecule has 0 aliphatic carbocycles. The molecule has 1 amide bonds. The third-order valence-electron chi connectivity index (χ3n) is 9.58. The van der Waals surface area contributed by atoms with Crippen LogP contribution in [0, 0.1) is 0 Å². The van der Waals surface area contributed by atoms with Crippen LogP contribution in [-0.2, 0) is 23.6 Å². The Labute approximate surface area is 309 Å². The summed E-state index contributed by atoms with van der Waals surface area (Å²) >= 11 is 0. The summed E-state index contributed by atoms with van der Waals surface area (Å²) in [5.74, 6) is 0.144. The molecule has 0 spiro atoms. The van der Waals surface area contributed by atoms with Crippen LogP contribution in [0.1, 0.15) is 84.5 Å². The molecular weight excluding hydrogens is 714 g/mol. The van der Waals surface area contributed by atoms with Crippen molar-refractivity contribution in [1.82, 2.24) is 25.2 Å². The van der Waals surface area contributed by atoms with Gasteiger partial charge in [0.1, 0.15) is 5.82 Å². The zero-order valence-corrected chi connectivity index (χ0v) is 29.9. The lowest BCUT2D eigenvalue weighted by Crippen LogP contribution is -2.48.